The van der Waals surface area contributed by atoms with Crippen LogP contribution in [0.25, 0.3) is 17.1 Å². The van der Waals surface area contributed by atoms with Crippen LogP contribution in [0.3, 0.4) is 0 Å². The van der Waals surface area contributed by atoms with Crippen molar-refractivity contribution in [1.29, 1.82) is 0 Å². The molecule has 2 amide bonds. The zero-order valence-electron chi connectivity index (χ0n) is 23.0. The summed E-state index contributed by atoms with van der Waals surface area (Å²) in [6, 6.07) is 8.07. The molecule has 0 saturated carbocycles. The molecule has 4 heterocycles. The van der Waals surface area contributed by atoms with E-state index in [1.807, 2.05) is 6.07 Å². The molecule has 1 saturated heterocycles. The normalized spacial score (nSPS) is 16.6. The molecule has 4 aromatic rings. The highest BCUT2D eigenvalue weighted by atomic mass is 19.4. The van der Waals surface area contributed by atoms with Gasteiger partial charge in [0.2, 0.25) is 5.91 Å². The Labute approximate surface area is 246 Å². The second-order valence-electron chi connectivity index (χ2n) is 11.1. The number of piperidine rings is 1. The lowest BCUT2D eigenvalue weighted by Crippen LogP contribution is -2.48. The monoisotopic (exact) mass is 611 g/mol. The maximum Gasteiger partial charge on any atom is 0.419 e. The number of carbonyl (C=O) groups is 2. The number of amides is 2. The SMILES string of the molecule is O=C(c1nn(-c2ccc(F)c(C(F)(F)F)c2)c2c1CCc1cccnc1-2)N1CCC(N2C(=O)Cc3ccc(F)c(F)c32)CC1. The van der Waals surface area contributed by atoms with Crippen LogP contribution in [-0.4, -0.2) is 50.6 Å². The number of rotatable bonds is 3. The number of halogens is 6. The Morgan fingerprint density at radius 2 is 1.68 bits per heavy atom. The number of aromatic nitrogens is 3. The van der Waals surface area contributed by atoms with Crippen LogP contribution >= 0.6 is 0 Å². The van der Waals surface area contributed by atoms with Crippen LogP contribution in [-0.2, 0) is 30.2 Å². The molecule has 0 spiro atoms. The fourth-order valence-electron chi connectivity index (χ4n) is 6.48. The lowest BCUT2D eigenvalue weighted by molar-refractivity contribution is -0.140. The van der Waals surface area contributed by atoms with Crippen molar-refractivity contribution in [2.24, 2.45) is 0 Å². The van der Waals surface area contributed by atoms with Crippen LogP contribution in [0.2, 0.25) is 0 Å². The minimum Gasteiger partial charge on any atom is -0.337 e. The predicted molar refractivity (Wildman–Crippen MR) is 146 cm³/mol. The Kier molecular flexibility index (Phi) is 6.52. The Hall–Kier alpha value is -4.68. The standard InChI is InChI=1S/C31H23F6N5O2/c32-22-8-5-19(15-21(22)31(35,36)37)42-29-20(6-3-16-2-1-11-38-26(16)29)27(39-42)30(44)40-12-9-18(10-13-40)41-24(43)14-17-4-7-23(33)25(34)28(17)41/h1-2,4-5,7-8,11,15,18H,3,6,9-10,12-14H2. The van der Waals surface area contributed by atoms with E-state index in [0.717, 1.165) is 11.6 Å². The number of benzene rings is 2. The zero-order chi connectivity index (χ0) is 30.9. The molecule has 226 valence electrons. The highest BCUT2D eigenvalue weighted by Gasteiger charge is 2.40. The summed E-state index contributed by atoms with van der Waals surface area (Å²) < 4.78 is 84.8. The van der Waals surface area contributed by atoms with Crippen molar-refractivity contribution in [3.63, 3.8) is 0 Å². The molecule has 13 heteroatoms. The van der Waals surface area contributed by atoms with Crippen LogP contribution in [0.1, 0.15) is 45.6 Å². The molecular formula is C31H23F6N5O2. The van der Waals surface area contributed by atoms with E-state index < -0.39 is 41.1 Å². The summed E-state index contributed by atoms with van der Waals surface area (Å²) in [7, 11) is 0. The molecular weight excluding hydrogens is 588 g/mol. The summed E-state index contributed by atoms with van der Waals surface area (Å²) in [5.74, 6) is -4.35. The molecule has 44 heavy (non-hydrogen) atoms. The third kappa shape index (κ3) is 4.44. The van der Waals surface area contributed by atoms with Gasteiger partial charge in [-0.2, -0.15) is 18.3 Å². The van der Waals surface area contributed by atoms with Crippen LogP contribution in [0.5, 0.6) is 0 Å². The van der Waals surface area contributed by atoms with Gasteiger partial charge in [-0.25, -0.2) is 17.9 Å². The first kappa shape index (κ1) is 28.1. The topological polar surface area (TPSA) is 71.3 Å². The van der Waals surface area contributed by atoms with E-state index in [2.05, 4.69) is 10.1 Å². The lowest BCUT2D eigenvalue weighted by Gasteiger charge is -2.37. The maximum absolute atomic E-state index is 14.7. The van der Waals surface area contributed by atoms with Gasteiger partial charge in [-0.15, -0.1) is 0 Å². The zero-order valence-corrected chi connectivity index (χ0v) is 23.0. The van der Waals surface area contributed by atoms with Gasteiger partial charge in [0, 0.05) is 30.9 Å². The average Bonchev–Trinajstić information content (AvgIpc) is 3.57. The molecule has 3 aliphatic rings. The Morgan fingerprint density at radius 1 is 0.932 bits per heavy atom. The molecule has 2 aliphatic heterocycles. The quantitative estimate of drug-likeness (QED) is 0.281. The number of aryl methyl sites for hydroxylation is 1. The van der Waals surface area contributed by atoms with Gasteiger partial charge in [0.05, 0.1) is 34.7 Å². The van der Waals surface area contributed by atoms with E-state index in [1.165, 1.54) is 32.8 Å². The highest BCUT2D eigenvalue weighted by Crippen LogP contribution is 2.40. The predicted octanol–water partition coefficient (Wildman–Crippen LogP) is 5.66. The largest absolute Gasteiger partial charge is 0.419 e. The van der Waals surface area contributed by atoms with Gasteiger partial charge in [-0.1, -0.05) is 12.1 Å². The molecule has 2 aromatic carbocycles. The molecule has 2 aromatic heterocycles. The van der Waals surface area contributed by atoms with E-state index in [9.17, 15) is 35.9 Å². The second-order valence-corrected chi connectivity index (χ2v) is 11.1. The average molecular weight is 612 g/mol. The van der Waals surface area contributed by atoms with Crippen molar-refractivity contribution < 1.29 is 35.9 Å². The summed E-state index contributed by atoms with van der Waals surface area (Å²) in [5.41, 5.74) is 1.04. The third-order valence-electron chi connectivity index (χ3n) is 8.57. The van der Waals surface area contributed by atoms with Gasteiger partial charge in [0.1, 0.15) is 5.82 Å². The lowest BCUT2D eigenvalue weighted by atomic mass is 9.91. The van der Waals surface area contributed by atoms with Crippen LogP contribution in [0, 0.1) is 17.5 Å². The number of pyridine rings is 1. The fraction of sp³-hybridized carbons (Fsp3) is 0.290. The van der Waals surface area contributed by atoms with E-state index in [4.69, 9.17) is 0 Å². The van der Waals surface area contributed by atoms with Crippen molar-refractivity contribution in [3.05, 3.63) is 94.1 Å². The van der Waals surface area contributed by atoms with Crippen LogP contribution in [0.15, 0.2) is 48.7 Å². The Morgan fingerprint density at radius 3 is 2.43 bits per heavy atom. The summed E-state index contributed by atoms with van der Waals surface area (Å²) in [6.07, 6.45) is -1.94. The number of carbonyl (C=O) groups excluding carboxylic acids is 2. The summed E-state index contributed by atoms with van der Waals surface area (Å²) in [5, 5.41) is 4.49. The number of fused-ring (bicyclic) bond motifs is 4. The molecule has 0 unspecified atom stereocenters. The van der Waals surface area contributed by atoms with Gasteiger partial charge in [-0.3, -0.25) is 14.6 Å². The fourth-order valence-corrected chi connectivity index (χ4v) is 6.48. The number of likely N-dealkylation sites (tertiary alicyclic amines) is 1. The Bertz CT molecular complexity index is 1840. The van der Waals surface area contributed by atoms with Gasteiger partial charge in [-0.05, 0) is 67.1 Å². The van der Waals surface area contributed by atoms with Gasteiger partial charge in [0.15, 0.2) is 17.3 Å². The number of hydrogen-bond acceptors (Lipinski definition) is 4. The third-order valence-corrected chi connectivity index (χ3v) is 8.57. The molecule has 0 radical (unpaired) electrons. The minimum atomic E-state index is -4.95. The molecule has 0 N–H and O–H groups in total. The van der Waals surface area contributed by atoms with E-state index >= 15 is 0 Å². The van der Waals surface area contributed by atoms with Crippen LogP contribution < -0.4 is 4.90 Å². The number of nitrogens with zero attached hydrogens (tertiary/aromatic N) is 5. The Balaban J connectivity index is 1.22. The number of anilines is 1. The van der Waals surface area contributed by atoms with E-state index in [-0.39, 0.29) is 42.5 Å². The number of alkyl halides is 3. The maximum atomic E-state index is 14.7. The number of hydrogen-bond donors (Lipinski definition) is 0. The van der Waals surface area contributed by atoms with Gasteiger partial charge >= 0.3 is 6.18 Å². The highest BCUT2D eigenvalue weighted by molar-refractivity contribution is 6.02. The molecule has 0 atom stereocenters. The summed E-state index contributed by atoms with van der Waals surface area (Å²) in [6.45, 7) is 0.371. The summed E-state index contributed by atoms with van der Waals surface area (Å²) in [4.78, 5) is 33.9. The van der Waals surface area contributed by atoms with Crippen molar-refractivity contribution in [2.45, 2.75) is 44.3 Å². The van der Waals surface area contributed by atoms with Crippen molar-refractivity contribution >= 4 is 17.5 Å². The smallest absolute Gasteiger partial charge is 0.337 e. The molecule has 1 aliphatic carbocycles. The van der Waals surface area contributed by atoms with Crippen molar-refractivity contribution in [1.82, 2.24) is 19.7 Å². The summed E-state index contributed by atoms with van der Waals surface area (Å²) >= 11 is 0. The van der Waals surface area contributed by atoms with Gasteiger partial charge in [0.25, 0.3) is 5.91 Å². The van der Waals surface area contributed by atoms with E-state index in [1.54, 1.807) is 6.07 Å². The van der Waals surface area contributed by atoms with Crippen molar-refractivity contribution in [3.8, 4) is 17.1 Å². The molecule has 0 bridgehead atoms. The van der Waals surface area contributed by atoms with Crippen LogP contribution in [0.4, 0.5) is 32.0 Å². The molecule has 1 fully saturated rings. The first-order valence-electron chi connectivity index (χ1n) is 14.0. The first-order valence-corrected chi connectivity index (χ1v) is 14.0. The minimum absolute atomic E-state index is 0.0375. The first-order chi connectivity index (χ1) is 21.0. The molecule has 7 rings (SSSR count). The second kappa shape index (κ2) is 10.2. The van der Waals surface area contributed by atoms with Gasteiger partial charge < -0.3 is 9.80 Å². The van der Waals surface area contributed by atoms with E-state index in [0.29, 0.717) is 60.3 Å². The van der Waals surface area contributed by atoms with Crippen molar-refractivity contribution in [2.75, 3.05) is 18.0 Å². The molecule has 7 nitrogen and oxygen atoms in total.